The Morgan fingerprint density at radius 2 is 1.44 bits per heavy atom. The molecular weight excluding hydrogens is 247 g/mol. The largest absolute Gasteiger partial charge is 0.449 e. The highest BCUT2D eigenvalue weighted by Gasteiger charge is 2.55. The molecule has 0 unspecified atom stereocenters. The van der Waals surface area contributed by atoms with Gasteiger partial charge in [0.25, 0.3) is 0 Å². The smallest absolute Gasteiger partial charge is 0.354 e. The van der Waals surface area contributed by atoms with Crippen molar-refractivity contribution in [3.8, 4) is 0 Å². The first kappa shape index (κ1) is 19.2. The molecule has 0 aliphatic carbocycles. The van der Waals surface area contributed by atoms with Gasteiger partial charge in [-0.2, -0.15) is 13.2 Å². The third-order valence-electron chi connectivity index (χ3n) is 1.66. The molecule has 0 aliphatic rings. The van der Waals surface area contributed by atoms with E-state index >= 15 is 0 Å². The van der Waals surface area contributed by atoms with Crippen molar-refractivity contribution in [3.05, 3.63) is 29.6 Å². The molecule has 0 saturated carbocycles. The zero-order valence-corrected chi connectivity index (χ0v) is 11.2. The molecule has 106 valence electrons. The molecule has 2 N–H and O–H groups in total. The molecule has 1 aromatic heterocycles. The normalized spacial score (nSPS) is 10.8. The second-order valence-electron chi connectivity index (χ2n) is 2.89. The maximum absolute atomic E-state index is 12.1. The van der Waals surface area contributed by atoms with Gasteiger partial charge >= 0.3 is 12.0 Å². The van der Waals surface area contributed by atoms with Gasteiger partial charge in [0.15, 0.2) is 0 Å². The molecule has 1 rings (SSSR count). The first-order valence-electron chi connectivity index (χ1n) is 5.70. The van der Waals surface area contributed by atoms with Gasteiger partial charge in [-0.15, -0.1) is 0 Å². The Morgan fingerprint density at radius 3 is 1.72 bits per heavy atom. The van der Waals surface area contributed by atoms with E-state index < -0.39 is 17.7 Å². The number of alkyl halides is 3. The Labute approximate surface area is 105 Å². The number of nitrogens with zero attached hydrogens (tertiary/aromatic N) is 1. The van der Waals surface area contributed by atoms with Crippen LogP contribution in [-0.2, 0) is 5.79 Å². The molecule has 0 atom stereocenters. The van der Waals surface area contributed by atoms with Crippen molar-refractivity contribution < 1.29 is 23.4 Å². The van der Waals surface area contributed by atoms with E-state index in [2.05, 4.69) is 4.98 Å². The van der Waals surface area contributed by atoms with Crippen LogP contribution < -0.4 is 0 Å². The summed E-state index contributed by atoms with van der Waals surface area (Å²) in [4.78, 5) is 3.30. The lowest BCUT2D eigenvalue weighted by molar-refractivity contribution is -0.359. The van der Waals surface area contributed by atoms with Crippen LogP contribution in [0.15, 0.2) is 18.3 Å². The second-order valence-corrected chi connectivity index (χ2v) is 2.89. The number of aromatic nitrogens is 1. The number of hydrogen-bond acceptors (Lipinski definition) is 3. The van der Waals surface area contributed by atoms with Gasteiger partial charge in [0, 0.05) is 6.20 Å². The van der Waals surface area contributed by atoms with Crippen LogP contribution in [0.2, 0.25) is 0 Å². The van der Waals surface area contributed by atoms with Gasteiger partial charge in [0.2, 0.25) is 0 Å². The molecule has 18 heavy (non-hydrogen) atoms. The fourth-order valence-corrected chi connectivity index (χ4v) is 0.819. The molecule has 0 aliphatic heterocycles. The average molecular weight is 267 g/mol. The first-order valence-corrected chi connectivity index (χ1v) is 5.70. The van der Waals surface area contributed by atoms with Crippen LogP contribution in [0, 0.1) is 6.92 Å². The van der Waals surface area contributed by atoms with Gasteiger partial charge < -0.3 is 10.2 Å². The van der Waals surface area contributed by atoms with Crippen LogP contribution >= 0.6 is 0 Å². The Hall–Kier alpha value is -1.14. The Balaban J connectivity index is 0. The fourth-order valence-electron chi connectivity index (χ4n) is 0.819. The van der Waals surface area contributed by atoms with E-state index in [4.69, 9.17) is 10.2 Å². The molecule has 0 fully saturated rings. The number of aliphatic hydroxyl groups is 2. The van der Waals surface area contributed by atoms with Gasteiger partial charge in [-0.1, -0.05) is 33.8 Å². The molecule has 0 bridgehead atoms. The van der Waals surface area contributed by atoms with Crippen molar-refractivity contribution in [3.63, 3.8) is 0 Å². The Kier molecular flexibility index (Phi) is 8.59. The van der Waals surface area contributed by atoms with Crippen molar-refractivity contribution >= 4 is 0 Å². The predicted molar refractivity (Wildman–Crippen MR) is 63.8 cm³/mol. The molecule has 3 nitrogen and oxygen atoms in total. The van der Waals surface area contributed by atoms with Crippen molar-refractivity contribution in [1.82, 2.24) is 4.98 Å². The van der Waals surface area contributed by atoms with Crippen LogP contribution in [0.1, 0.15) is 39.0 Å². The van der Waals surface area contributed by atoms with E-state index in [0.717, 1.165) is 12.3 Å². The zero-order valence-electron chi connectivity index (χ0n) is 11.2. The minimum atomic E-state index is -5.16. The minimum Gasteiger partial charge on any atom is -0.354 e. The van der Waals surface area contributed by atoms with Crippen molar-refractivity contribution in [2.24, 2.45) is 0 Å². The number of hydrogen-bond donors (Lipinski definition) is 2. The van der Waals surface area contributed by atoms with E-state index in [0.29, 0.717) is 5.56 Å². The van der Waals surface area contributed by atoms with E-state index in [-0.39, 0.29) is 0 Å². The highest BCUT2D eigenvalue weighted by molar-refractivity contribution is 5.16. The van der Waals surface area contributed by atoms with Crippen LogP contribution in [0.3, 0.4) is 0 Å². The van der Waals surface area contributed by atoms with Crippen LogP contribution in [-0.4, -0.2) is 21.4 Å². The Morgan fingerprint density at radius 1 is 1.00 bits per heavy atom. The third-order valence-corrected chi connectivity index (χ3v) is 1.66. The summed E-state index contributed by atoms with van der Waals surface area (Å²) in [6.45, 7) is 9.63. The standard InChI is InChI=1S/C8H8F3NO2.2C2H6/c1-5-2-3-6(12-4-5)7(13,14)8(9,10)11;2*1-2/h2-4,13-14H,1H3;2*1-2H3. The maximum Gasteiger partial charge on any atom is 0.449 e. The SMILES string of the molecule is CC.CC.Cc1ccc(C(O)(O)C(F)(F)F)nc1. The van der Waals surface area contributed by atoms with Gasteiger partial charge in [-0.3, -0.25) is 4.98 Å². The highest BCUT2D eigenvalue weighted by Crippen LogP contribution is 2.35. The quantitative estimate of drug-likeness (QED) is 0.768. The van der Waals surface area contributed by atoms with Crippen LogP contribution in [0.5, 0.6) is 0 Å². The van der Waals surface area contributed by atoms with Gasteiger partial charge in [-0.25, -0.2) is 0 Å². The molecule has 1 aromatic rings. The highest BCUT2D eigenvalue weighted by atomic mass is 19.4. The zero-order chi connectivity index (χ0) is 15.0. The summed E-state index contributed by atoms with van der Waals surface area (Å²) in [6, 6.07) is 2.23. The Bertz CT molecular complexity index is 321. The lowest BCUT2D eigenvalue weighted by Gasteiger charge is -2.23. The molecule has 6 heteroatoms. The maximum atomic E-state index is 12.1. The number of rotatable bonds is 1. The molecule has 0 spiro atoms. The van der Waals surface area contributed by atoms with Crippen molar-refractivity contribution in [2.45, 2.75) is 46.6 Å². The molecule has 0 aromatic carbocycles. The second kappa shape index (κ2) is 8.05. The summed E-state index contributed by atoms with van der Waals surface area (Å²) in [5.41, 5.74) is -0.206. The third kappa shape index (κ3) is 5.01. The monoisotopic (exact) mass is 267 g/mol. The summed E-state index contributed by atoms with van der Waals surface area (Å²) < 4.78 is 36.2. The van der Waals surface area contributed by atoms with E-state index in [9.17, 15) is 13.2 Å². The van der Waals surface area contributed by atoms with Gasteiger partial charge in [-0.05, 0) is 18.6 Å². The van der Waals surface area contributed by atoms with Gasteiger partial charge in [0.05, 0.1) is 0 Å². The fraction of sp³-hybridized carbons (Fsp3) is 0.583. The summed E-state index contributed by atoms with van der Waals surface area (Å²) in [6.07, 6.45) is -4.03. The number of halogens is 3. The van der Waals surface area contributed by atoms with Crippen LogP contribution in [0.25, 0.3) is 0 Å². The minimum absolute atomic E-state index is 0.631. The molecular formula is C12H20F3NO2. The summed E-state index contributed by atoms with van der Waals surface area (Å²) in [5.74, 6) is -3.89. The number of pyridine rings is 1. The van der Waals surface area contributed by atoms with Crippen molar-refractivity contribution in [1.29, 1.82) is 0 Å². The number of aryl methyl sites for hydroxylation is 1. The molecule has 0 amide bonds. The lowest BCUT2D eigenvalue weighted by Crippen LogP contribution is -2.42. The predicted octanol–water partition coefficient (Wildman–Crippen LogP) is 3.14. The van der Waals surface area contributed by atoms with E-state index in [1.165, 1.54) is 6.07 Å². The lowest BCUT2D eigenvalue weighted by atomic mass is 10.1. The molecule has 1 heterocycles. The summed E-state index contributed by atoms with van der Waals surface area (Å²) >= 11 is 0. The molecule has 0 saturated heterocycles. The van der Waals surface area contributed by atoms with Crippen LogP contribution in [0.4, 0.5) is 13.2 Å². The van der Waals surface area contributed by atoms with Gasteiger partial charge in [0.1, 0.15) is 5.69 Å². The van der Waals surface area contributed by atoms with E-state index in [1.54, 1.807) is 6.92 Å². The summed E-state index contributed by atoms with van der Waals surface area (Å²) in [5, 5.41) is 17.6. The summed E-state index contributed by atoms with van der Waals surface area (Å²) in [7, 11) is 0. The topological polar surface area (TPSA) is 53.4 Å². The first-order chi connectivity index (χ1) is 8.25. The average Bonchev–Trinajstić information content (AvgIpc) is 2.33. The molecule has 0 radical (unpaired) electrons. The van der Waals surface area contributed by atoms with E-state index in [1.807, 2.05) is 27.7 Å². The van der Waals surface area contributed by atoms with Crippen molar-refractivity contribution in [2.75, 3.05) is 0 Å².